The molecule has 0 aromatic heterocycles. The molecule has 1 aromatic rings. The van der Waals surface area contributed by atoms with Gasteiger partial charge in [-0.1, -0.05) is 30.8 Å². The molecule has 0 radical (unpaired) electrons. The molecule has 1 unspecified atom stereocenters. The molecule has 4 N–H and O–H groups in total. The van der Waals surface area contributed by atoms with E-state index < -0.39 is 17.9 Å². The van der Waals surface area contributed by atoms with Crippen LogP contribution >= 0.6 is 12.2 Å². The van der Waals surface area contributed by atoms with Gasteiger partial charge in [-0.2, -0.15) is 0 Å². The minimum atomic E-state index is -0.954. The highest BCUT2D eigenvalue weighted by Crippen LogP contribution is 2.25. The van der Waals surface area contributed by atoms with Crippen molar-refractivity contribution in [3.63, 3.8) is 0 Å². The van der Waals surface area contributed by atoms with Crippen molar-refractivity contribution in [1.29, 1.82) is 0 Å². The molecule has 2 atom stereocenters. The van der Waals surface area contributed by atoms with E-state index in [1.54, 1.807) is 6.92 Å². The molecule has 0 amide bonds. The summed E-state index contributed by atoms with van der Waals surface area (Å²) in [6.07, 6.45) is 3.31. The monoisotopic (exact) mass is 537 g/mol. The smallest absolute Gasteiger partial charge is 0.317 e. The predicted molar refractivity (Wildman–Crippen MR) is 144 cm³/mol. The number of anilines is 1. The van der Waals surface area contributed by atoms with Crippen LogP contribution in [0.2, 0.25) is 0 Å². The lowest BCUT2D eigenvalue weighted by Crippen LogP contribution is -2.44. The number of ether oxygens (including phenoxy) is 1. The summed E-state index contributed by atoms with van der Waals surface area (Å²) in [5.74, 6) is -2.86. The van der Waals surface area contributed by atoms with Crippen molar-refractivity contribution in [1.82, 2.24) is 9.80 Å². The molecule has 37 heavy (non-hydrogen) atoms. The first-order valence-corrected chi connectivity index (χ1v) is 13.1. The summed E-state index contributed by atoms with van der Waals surface area (Å²) < 4.78 is 5.76. The van der Waals surface area contributed by atoms with Gasteiger partial charge in [0.05, 0.1) is 31.3 Å². The third kappa shape index (κ3) is 13.0. The van der Waals surface area contributed by atoms with E-state index >= 15 is 0 Å². The van der Waals surface area contributed by atoms with Crippen molar-refractivity contribution in [3.8, 4) is 0 Å². The lowest BCUT2D eigenvalue weighted by atomic mass is 9.88. The van der Waals surface area contributed by atoms with Crippen LogP contribution in [0.3, 0.4) is 0 Å². The van der Waals surface area contributed by atoms with Crippen LogP contribution in [0.1, 0.15) is 44.6 Å². The molecule has 1 heterocycles. The molecule has 206 valence electrons. The number of rotatable bonds is 9. The molecule has 1 saturated heterocycles. The number of hydrogen-bond acceptors (Lipinski definition) is 7. The Morgan fingerprint density at radius 1 is 0.973 bits per heavy atom. The fourth-order valence-electron chi connectivity index (χ4n) is 4.77. The number of nitrogens with one attached hydrogen (secondary N) is 1. The fourth-order valence-corrected chi connectivity index (χ4v) is 4.89. The van der Waals surface area contributed by atoms with Gasteiger partial charge in [-0.15, -0.1) is 0 Å². The zero-order chi connectivity index (χ0) is 27.2. The maximum Gasteiger partial charge on any atom is 0.317 e. The van der Waals surface area contributed by atoms with Crippen molar-refractivity contribution >= 4 is 40.8 Å². The lowest BCUT2D eigenvalue weighted by Gasteiger charge is -2.33. The SMILES string of the molecule is CC(=S)Nc1ccc(C[C@H]2CC(CC(=O)O)CCCCN(CC(=O)O)CCOCCN2CC(=O)O)cc1. The number of carboxylic acid groups (broad SMARTS) is 3. The standard InChI is InChI=1S/C26H39N3O7S/c1-19(37)27-22-7-5-20(6-8-22)14-23-15-21(16-24(30)31)4-2-3-9-28(17-25(32)33)10-12-36-13-11-29(23)18-26(34)35/h5-8,21,23H,2-4,9-18H2,1H3,(H,27,37)(H,30,31)(H,32,33)(H,34,35)/t21?,23-/m0/s1. The minimum absolute atomic E-state index is 0.00353. The summed E-state index contributed by atoms with van der Waals surface area (Å²) in [5, 5.41) is 31.4. The molecule has 0 bridgehead atoms. The van der Waals surface area contributed by atoms with E-state index in [1.807, 2.05) is 34.1 Å². The largest absolute Gasteiger partial charge is 0.481 e. The topological polar surface area (TPSA) is 140 Å². The van der Waals surface area contributed by atoms with Crippen LogP contribution < -0.4 is 5.32 Å². The van der Waals surface area contributed by atoms with E-state index in [1.165, 1.54) is 0 Å². The van der Waals surface area contributed by atoms with Gasteiger partial charge < -0.3 is 25.4 Å². The molecule has 2 rings (SSSR count). The van der Waals surface area contributed by atoms with Crippen LogP contribution in [0, 0.1) is 5.92 Å². The van der Waals surface area contributed by atoms with Gasteiger partial charge in [0.1, 0.15) is 0 Å². The van der Waals surface area contributed by atoms with Gasteiger partial charge >= 0.3 is 17.9 Å². The van der Waals surface area contributed by atoms with Crippen LogP contribution in [0.5, 0.6) is 0 Å². The van der Waals surface area contributed by atoms with Crippen LogP contribution in [0.4, 0.5) is 5.69 Å². The molecule has 11 heteroatoms. The number of carbonyl (C=O) groups is 3. The van der Waals surface area contributed by atoms with Crippen LogP contribution in [0.25, 0.3) is 0 Å². The summed E-state index contributed by atoms with van der Waals surface area (Å²) >= 11 is 5.10. The van der Waals surface area contributed by atoms with Crippen LogP contribution in [-0.4, -0.2) is 100.0 Å². The van der Waals surface area contributed by atoms with Crippen molar-refractivity contribution in [2.75, 3.05) is 51.3 Å². The van der Waals surface area contributed by atoms with Crippen LogP contribution in [-0.2, 0) is 25.5 Å². The predicted octanol–water partition coefficient (Wildman–Crippen LogP) is 2.81. The molecular formula is C26H39N3O7S. The molecule has 0 spiro atoms. The summed E-state index contributed by atoms with van der Waals surface area (Å²) in [7, 11) is 0. The summed E-state index contributed by atoms with van der Waals surface area (Å²) in [6.45, 7) is 3.64. The van der Waals surface area contributed by atoms with Gasteiger partial charge in [-0.25, -0.2) is 0 Å². The molecule has 0 aliphatic carbocycles. The van der Waals surface area contributed by atoms with Crippen molar-refractivity contribution in [2.24, 2.45) is 5.92 Å². The summed E-state index contributed by atoms with van der Waals surface area (Å²) in [5.41, 5.74) is 1.90. The Labute approximate surface area is 223 Å². The third-order valence-electron chi connectivity index (χ3n) is 6.44. The van der Waals surface area contributed by atoms with Gasteiger partial charge in [0.25, 0.3) is 0 Å². The molecule has 1 aromatic carbocycles. The normalized spacial score (nSPS) is 21.0. The zero-order valence-corrected chi connectivity index (χ0v) is 22.3. The van der Waals surface area contributed by atoms with E-state index in [4.69, 9.17) is 17.0 Å². The Morgan fingerprint density at radius 3 is 2.27 bits per heavy atom. The van der Waals surface area contributed by atoms with Gasteiger partial charge in [0, 0.05) is 31.2 Å². The van der Waals surface area contributed by atoms with Crippen molar-refractivity contribution in [3.05, 3.63) is 29.8 Å². The second-order valence-electron chi connectivity index (χ2n) is 9.58. The highest BCUT2D eigenvalue weighted by atomic mass is 32.1. The zero-order valence-electron chi connectivity index (χ0n) is 21.4. The summed E-state index contributed by atoms with van der Waals surface area (Å²) in [4.78, 5) is 38.9. The first-order chi connectivity index (χ1) is 17.6. The summed E-state index contributed by atoms with van der Waals surface area (Å²) in [6, 6.07) is 7.63. The molecule has 1 aliphatic heterocycles. The number of thiocarbonyl (C=S) groups is 1. The minimum Gasteiger partial charge on any atom is -0.481 e. The third-order valence-corrected chi connectivity index (χ3v) is 6.54. The first kappa shape index (κ1) is 30.6. The molecule has 0 saturated carbocycles. The lowest BCUT2D eigenvalue weighted by molar-refractivity contribution is -0.140. The number of carboxylic acids is 3. The second-order valence-corrected chi connectivity index (χ2v) is 10.2. The van der Waals surface area contributed by atoms with Gasteiger partial charge in [0.2, 0.25) is 0 Å². The van der Waals surface area contributed by atoms with Crippen molar-refractivity contribution in [2.45, 2.75) is 51.5 Å². The highest BCUT2D eigenvalue weighted by Gasteiger charge is 2.26. The Morgan fingerprint density at radius 2 is 1.65 bits per heavy atom. The Kier molecular flexibility index (Phi) is 13.5. The second kappa shape index (κ2) is 16.3. The first-order valence-electron chi connectivity index (χ1n) is 12.7. The number of hydrogen-bond donors (Lipinski definition) is 4. The van der Waals surface area contributed by atoms with Gasteiger partial charge in [0.15, 0.2) is 0 Å². The van der Waals surface area contributed by atoms with E-state index in [9.17, 15) is 29.7 Å². The van der Waals surface area contributed by atoms with E-state index in [0.717, 1.165) is 24.1 Å². The van der Waals surface area contributed by atoms with Gasteiger partial charge in [-0.05, 0) is 62.8 Å². The quantitative estimate of drug-likeness (QED) is 0.346. The average molecular weight is 538 g/mol. The Bertz CT molecular complexity index is 897. The van der Waals surface area contributed by atoms with E-state index in [-0.39, 0.29) is 31.5 Å². The highest BCUT2D eigenvalue weighted by molar-refractivity contribution is 7.80. The molecular weight excluding hydrogens is 498 g/mol. The number of nitrogens with zero attached hydrogens (tertiary/aromatic N) is 2. The number of benzene rings is 1. The van der Waals surface area contributed by atoms with Gasteiger partial charge in [-0.3, -0.25) is 24.2 Å². The maximum absolute atomic E-state index is 11.7. The maximum atomic E-state index is 11.7. The van der Waals surface area contributed by atoms with Crippen molar-refractivity contribution < 1.29 is 34.4 Å². The Balaban J connectivity index is 2.24. The van der Waals surface area contributed by atoms with E-state index in [2.05, 4.69) is 5.32 Å². The fraction of sp³-hybridized carbons (Fsp3) is 0.615. The molecule has 10 nitrogen and oxygen atoms in total. The Hall–Kier alpha value is -2.60. The molecule has 1 fully saturated rings. The molecule has 1 aliphatic rings. The van der Waals surface area contributed by atoms with E-state index in [0.29, 0.717) is 57.1 Å². The number of aliphatic carboxylic acids is 3. The van der Waals surface area contributed by atoms with Crippen LogP contribution in [0.15, 0.2) is 24.3 Å². The average Bonchev–Trinajstić information content (AvgIpc) is 2.79.